The van der Waals surface area contributed by atoms with Crippen LogP contribution in [-0.2, 0) is 9.59 Å². The van der Waals surface area contributed by atoms with E-state index in [1.165, 1.54) is 0 Å². The van der Waals surface area contributed by atoms with Crippen LogP contribution in [0.4, 0.5) is 5.69 Å². The molecule has 24 heavy (non-hydrogen) atoms. The molecule has 0 saturated carbocycles. The van der Waals surface area contributed by atoms with E-state index in [0.717, 1.165) is 44.5 Å². The predicted octanol–water partition coefficient (Wildman–Crippen LogP) is 2.49. The summed E-state index contributed by atoms with van der Waals surface area (Å²) < 4.78 is 0. The molecule has 2 amide bonds. The molecule has 2 aliphatic rings. The van der Waals surface area contributed by atoms with Crippen LogP contribution in [0.25, 0.3) is 0 Å². The van der Waals surface area contributed by atoms with Crippen molar-refractivity contribution in [2.45, 2.75) is 50.6 Å². The quantitative estimate of drug-likeness (QED) is 0.923. The molecule has 1 N–H and O–H groups in total. The van der Waals surface area contributed by atoms with Crippen molar-refractivity contribution in [2.75, 3.05) is 25.5 Å². The van der Waals surface area contributed by atoms with E-state index in [1.807, 2.05) is 42.3 Å². The molecule has 2 fully saturated rings. The zero-order valence-electron chi connectivity index (χ0n) is 14.6. The minimum atomic E-state index is -0.107. The summed E-state index contributed by atoms with van der Waals surface area (Å²) in [7, 11) is 1.93. The molecule has 1 aromatic carbocycles. The molecular weight excluding hydrogens is 302 g/mol. The van der Waals surface area contributed by atoms with E-state index in [-0.39, 0.29) is 23.4 Å². The highest BCUT2D eigenvalue weighted by atomic mass is 16.2. The molecule has 0 unspecified atom stereocenters. The first-order valence-corrected chi connectivity index (χ1v) is 8.92. The van der Waals surface area contributed by atoms with Gasteiger partial charge in [-0.05, 0) is 37.8 Å². The van der Waals surface area contributed by atoms with E-state index >= 15 is 0 Å². The molecule has 0 aliphatic carbocycles. The first-order valence-electron chi connectivity index (χ1n) is 8.92. The summed E-state index contributed by atoms with van der Waals surface area (Å²) in [5.74, 6) is 0.327. The first-order chi connectivity index (χ1) is 11.6. The normalized spacial score (nSPS) is 21.9. The Balaban J connectivity index is 1.61. The number of hydrogen-bond donors (Lipinski definition) is 1. The third kappa shape index (κ3) is 3.18. The van der Waals surface area contributed by atoms with Gasteiger partial charge < -0.3 is 10.2 Å². The summed E-state index contributed by atoms with van der Waals surface area (Å²) in [4.78, 5) is 28.8. The summed E-state index contributed by atoms with van der Waals surface area (Å²) >= 11 is 0. The number of nitrogens with one attached hydrogen (secondary N) is 1. The van der Waals surface area contributed by atoms with Gasteiger partial charge in [-0.1, -0.05) is 25.1 Å². The smallest absolute Gasteiger partial charge is 0.241 e. The van der Waals surface area contributed by atoms with Crippen LogP contribution < -0.4 is 5.32 Å². The average Bonchev–Trinajstić information content (AvgIpc) is 2.87. The molecule has 2 aliphatic heterocycles. The summed E-state index contributed by atoms with van der Waals surface area (Å²) in [6.45, 7) is 3.81. The number of likely N-dealkylation sites (tertiary alicyclic amines) is 2. The van der Waals surface area contributed by atoms with E-state index in [2.05, 4.69) is 17.1 Å². The number of hydrogen-bond acceptors (Lipinski definition) is 3. The molecule has 5 heteroatoms. The lowest BCUT2D eigenvalue weighted by Crippen LogP contribution is -2.55. The number of amides is 2. The maximum Gasteiger partial charge on any atom is 0.241 e. The molecule has 130 valence electrons. The van der Waals surface area contributed by atoms with E-state index in [9.17, 15) is 9.59 Å². The molecule has 0 radical (unpaired) electrons. The number of anilines is 1. The van der Waals surface area contributed by atoms with Crippen LogP contribution in [0.15, 0.2) is 30.3 Å². The Hall–Kier alpha value is -1.88. The van der Waals surface area contributed by atoms with Gasteiger partial charge in [0.25, 0.3) is 0 Å². The number of carbonyl (C=O) groups is 2. The van der Waals surface area contributed by atoms with Crippen LogP contribution in [0.3, 0.4) is 0 Å². The van der Waals surface area contributed by atoms with Gasteiger partial charge in [0.1, 0.15) is 0 Å². The minimum Gasteiger partial charge on any atom is -0.340 e. The Bertz CT molecular complexity index is 594. The van der Waals surface area contributed by atoms with Gasteiger partial charge in [-0.25, -0.2) is 0 Å². The lowest BCUT2D eigenvalue weighted by Gasteiger charge is -2.45. The van der Waals surface area contributed by atoms with Gasteiger partial charge in [0.2, 0.25) is 11.8 Å². The zero-order chi connectivity index (χ0) is 17.2. The molecule has 2 saturated heterocycles. The molecule has 1 aromatic rings. The van der Waals surface area contributed by atoms with Crippen molar-refractivity contribution in [3.63, 3.8) is 0 Å². The third-order valence-electron chi connectivity index (χ3n) is 5.79. The SMILES string of the molecule is CC[C@H](C(=O)Nc1ccccc1)N1CCC2(CCC(=O)N2C)CC1. The summed E-state index contributed by atoms with van der Waals surface area (Å²) in [5.41, 5.74) is 0.873. The second-order valence-electron chi connectivity index (χ2n) is 6.99. The van der Waals surface area contributed by atoms with Gasteiger partial charge in [0, 0.05) is 37.8 Å². The fraction of sp³-hybridized carbons (Fsp3) is 0.579. The Morgan fingerprint density at radius 3 is 2.42 bits per heavy atom. The lowest BCUT2D eigenvalue weighted by atomic mass is 9.84. The molecule has 2 heterocycles. The number of piperidine rings is 1. The van der Waals surface area contributed by atoms with E-state index < -0.39 is 0 Å². The highest BCUT2D eigenvalue weighted by Crippen LogP contribution is 2.38. The maximum atomic E-state index is 12.7. The van der Waals surface area contributed by atoms with E-state index in [1.54, 1.807) is 0 Å². The fourth-order valence-corrected chi connectivity index (χ4v) is 4.13. The van der Waals surface area contributed by atoms with Crippen molar-refractivity contribution in [3.05, 3.63) is 30.3 Å². The summed E-state index contributed by atoms with van der Waals surface area (Å²) in [5, 5.41) is 3.02. The molecule has 1 atom stereocenters. The second-order valence-corrected chi connectivity index (χ2v) is 6.99. The summed E-state index contributed by atoms with van der Waals surface area (Å²) in [6, 6.07) is 9.51. The van der Waals surface area contributed by atoms with Gasteiger partial charge in [0.05, 0.1) is 6.04 Å². The Labute approximate surface area is 144 Å². The van der Waals surface area contributed by atoms with Crippen LogP contribution in [0.2, 0.25) is 0 Å². The minimum absolute atomic E-state index is 0.0295. The zero-order valence-corrected chi connectivity index (χ0v) is 14.6. The number of carbonyl (C=O) groups excluding carboxylic acids is 2. The standard InChI is InChI=1S/C19H27N3O2/c1-3-16(18(24)20-15-7-5-4-6-8-15)22-13-11-19(12-14-22)10-9-17(23)21(19)2/h4-8,16H,3,9-14H2,1-2H3,(H,20,24)/t16-/m1/s1. The Kier molecular flexibility index (Phi) is 4.90. The maximum absolute atomic E-state index is 12.7. The van der Waals surface area contributed by atoms with E-state index in [0.29, 0.717) is 6.42 Å². The molecule has 5 nitrogen and oxygen atoms in total. The monoisotopic (exact) mass is 329 g/mol. The molecule has 0 aromatic heterocycles. The second kappa shape index (κ2) is 6.93. The topological polar surface area (TPSA) is 52.7 Å². The highest BCUT2D eigenvalue weighted by Gasteiger charge is 2.45. The first kappa shape index (κ1) is 17.0. The van der Waals surface area contributed by atoms with Crippen LogP contribution in [0.1, 0.15) is 39.0 Å². The number of nitrogens with zero attached hydrogens (tertiary/aromatic N) is 2. The van der Waals surface area contributed by atoms with Gasteiger partial charge >= 0.3 is 0 Å². The number of benzene rings is 1. The third-order valence-corrected chi connectivity index (χ3v) is 5.79. The van der Waals surface area contributed by atoms with Gasteiger partial charge in [-0.15, -0.1) is 0 Å². The largest absolute Gasteiger partial charge is 0.340 e. The molecule has 3 rings (SSSR count). The average molecular weight is 329 g/mol. The van der Waals surface area contributed by atoms with Crippen LogP contribution in [0.5, 0.6) is 0 Å². The summed E-state index contributed by atoms with van der Waals surface area (Å²) in [6.07, 6.45) is 4.35. The highest BCUT2D eigenvalue weighted by molar-refractivity contribution is 5.94. The predicted molar refractivity (Wildman–Crippen MR) is 94.7 cm³/mol. The van der Waals surface area contributed by atoms with Crippen molar-refractivity contribution in [2.24, 2.45) is 0 Å². The molecule has 1 spiro atoms. The van der Waals surface area contributed by atoms with Gasteiger partial charge in [-0.2, -0.15) is 0 Å². The molecular formula is C19H27N3O2. The molecule has 0 bridgehead atoms. The van der Waals surface area contributed by atoms with Gasteiger partial charge in [-0.3, -0.25) is 14.5 Å². The number of rotatable bonds is 4. The lowest BCUT2D eigenvalue weighted by molar-refractivity contribution is -0.132. The van der Waals surface area contributed by atoms with Crippen LogP contribution >= 0.6 is 0 Å². The van der Waals surface area contributed by atoms with Crippen molar-refractivity contribution in [1.29, 1.82) is 0 Å². The van der Waals surface area contributed by atoms with Crippen molar-refractivity contribution < 1.29 is 9.59 Å². The van der Waals surface area contributed by atoms with Crippen molar-refractivity contribution in [3.8, 4) is 0 Å². The van der Waals surface area contributed by atoms with Crippen LogP contribution in [-0.4, -0.2) is 53.3 Å². The fourth-order valence-electron chi connectivity index (χ4n) is 4.13. The Morgan fingerprint density at radius 1 is 1.21 bits per heavy atom. The van der Waals surface area contributed by atoms with E-state index in [4.69, 9.17) is 0 Å². The van der Waals surface area contributed by atoms with Gasteiger partial charge in [0.15, 0.2) is 0 Å². The van der Waals surface area contributed by atoms with Crippen LogP contribution in [0, 0.1) is 0 Å². The van der Waals surface area contributed by atoms with Crippen molar-refractivity contribution in [1.82, 2.24) is 9.80 Å². The van der Waals surface area contributed by atoms with Crippen molar-refractivity contribution >= 4 is 17.5 Å². The Morgan fingerprint density at radius 2 is 1.88 bits per heavy atom. The number of para-hydroxylation sites is 1.